The third kappa shape index (κ3) is 3.48. The van der Waals surface area contributed by atoms with Gasteiger partial charge in [0.15, 0.2) is 0 Å². The smallest absolute Gasteiger partial charge is 0.256 e. The number of aromatic nitrogens is 1. The fourth-order valence-electron chi connectivity index (χ4n) is 2.77. The van der Waals surface area contributed by atoms with Crippen LogP contribution in [-0.2, 0) is 0 Å². The maximum atomic E-state index is 12.4. The lowest BCUT2D eigenvalue weighted by atomic mass is 9.95. The molecule has 0 aliphatic heterocycles. The highest BCUT2D eigenvalue weighted by Gasteiger charge is 2.26. The molecule has 5 heteroatoms. The number of methoxy groups -OCH3 is 1. The predicted molar refractivity (Wildman–Crippen MR) is 75.7 cm³/mol. The Hall–Kier alpha value is -1.62. The molecule has 2 atom stereocenters. The van der Waals surface area contributed by atoms with Gasteiger partial charge in [-0.2, -0.15) is 0 Å². The van der Waals surface area contributed by atoms with Gasteiger partial charge < -0.3 is 15.2 Å². The van der Waals surface area contributed by atoms with E-state index in [1.165, 1.54) is 13.5 Å². The van der Waals surface area contributed by atoms with Gasteiger partial charge >= 0.3 is 0 Å². The van der Waals surface area contributed by atoms with E-state index in [-0.39, 0.29) is 24.5 Å². The van der Waals surface area contributed by atoms with E-state index in [0.29, 0.717) is 11.4 Å². The number of aliphatic hydroxyl groups excluding tert-OH is 1. The Bertz CT molecular complexity index is 450. The van der Waals surface area contributed by atoms with Crippen LogP contribution in [0.4, 0.5) is 0 Å². The number of hydrogen-bond donors (Lipinski definition) is 2. The second kappa shape index (κ2) is 7.24. The summed E-state index contributed by atoms with van der Waals surface area (Å²) in [4.78, 5) is 16.4. The Morgan fingerprint density at radius 3 is 3.00 bits per heavy atom. The van der Waals surface area contributed by atoms with Crippen molar-refractivity contribution in [2.75, 3.05) is 13.7 Å². The van der Waals surface area contributed by atoms with Crippen molar-refractivity contribution in [2.24, 2.45) is 5.92 Å². The number of hydrogen-bond acceptors (Lipinski definition) is 4. The standard InChI is InChI=1S/C15H22N2O3/c1-20-15-12(7-5-9-16-15)14(19)17-13-8-4-2-3-6-11(13)10-18/h5,7,9,11,13,18H,2-4,6,8,10H2,1H3,(H,17,19). The first-order valence-corrected chi connectivity index (χ1v) is 7.17. The van der Waals surface area contributed by atoms with Gasteiger partial charge in [0.05, 0.1) is 7.11 Å². The molecule has 0 spiro atoms. The first-order chi connectivity index (χ1) is 9.76. The lowest BCUT2D eigenvalue weighted by Gasteiger charge is -2.24. The molecule has 1 aliphatic carbocycles. The number of rotatable bonds is 4. The van der Waals surface area contributed by atoms with Gasteiger partial charge in [0, 0.05) is 24.8 Å². The molecule has 1 aliphatic rings. The molecular weight excluding hydrogens is 256 g/mol. The predicted octanol–water partition coefficient (Wildman–Crippen LogP) is 1.76. The summed E-state index contributed by atoms with van der Waals surface area (Å²) in [5.74, 6) is 0.295. The van der Waals surface area contributed by atoms with Crippen molar-refractivity contribution in [3.63, 3.8) is 0 Å². The van der Waals surface area contributed by atoms with Crippen LogP contribution in [0.15, 0.2) is 18.3 Å². The second-order valence-corrected chi connectivity index (χ2v) is 5.22. The number of ether oxygens (including phenoxy) is 1. The first-order valence-electron chi connectivity index (χ1n) is 7.17. The zero-order valence-corrected chi connectivity index (χ0v) is 11.8. The van der Waals surface area contributed by atoms with Crippen LogP contribution in [0.1, 0.15) is 42.5 Å². The van der Waals surface area contributed by atoms with E-state index in [1.807, 2.05) is 0 Å². The largest absolute Gasteiger partial charge is 0.480 e. The Morgan fingerprint density at radius 1 is 1.45 bits per heavy atom. The molecule has 1 saturated carbocycles. The first kappa shape index (κ1) is 14.8. The number of nitrogens with one attached hydrogen (secondary N) is 1. The topological polar surface area (TPSA) is 71.5 Å². The summed E-state index contributed by atoms with van der Waals surface area (Å²) in [5.41, 5.74) is 0.441. The van der Waals surface area contributed by atoms with Gasteiger partial charge in [0.25, 0.3) is 5.91 Å². The summed E-state index contributed by atoms with van der Waals surface area (Å²) >= 11 is 0. The molecule has 1 aromatic rings. The van der Waals surface area contributed by atoms with E-state index < -0.39 is 0 Å². The summed E-state index contributed by atoms with van der Waals surface area (Å²) in [5, 5.41) is 12.5. The molecule has 1 fully saturated rings. The van der Waals surface area contributed by atoms with Gasteiger partial charge in [-0.1, -0.05) is 19.3 Å². The maximum absolute atomic E-state index is 12.4. The highest BCUT2D eigenvalue weighted by Crippen LogP contribution is 2.24. The second-order valence-electron chi connectivity index (χ2n) is 5.22. The Morgan fingerprint density at radius 2 is 2.25 bits per heavy atom. The summed E-state index contributed by atoms with van der Waals surface area (Å²) < 4.78 is 5.11. The van der Waals surface area contributed by atoms with Crippen LogP contribution in [0.3, 0.4) is 0 Å². The van der Waals surface area contributed by atoms with Crippen LogP contribution < -0.4 is 10.1 Å². The third-order valence-corrected chi connectivity index (χ3v) is 3.92. The quantitative estimate of drug-likeness (QED) is 0.823. The molecule has 2 rings (SSSR count). The van der Waals surface area contributed by atoms with E-state index in [2.05, 4.69) is 10.3 Å². The number of nitrogens with zero attached hydrogens (tertiary/aromatic N) is 1. The van der Waals surface area contributed by atoms with Crippen LogP contribution in [-0.4, -0.2) is 35.8 Å². The summed E-state index contributed by atoms with van der Waals surface area (Å²) in [6, 6.07) is 3.44. The zero-order chi connectivity index (χ0) is 14.4. The fourth-order valence-corrected chi connectivity index (χ4v) is 2.77. The van der Waals surface area contributed by atoms with E-state index in [1.54, 1.807) is 18.3 Å². The third-order valence-electron chi connectivity index (χ3n) is 3.92. The molecule has 1 amide bonds. The molecular formula is C15H22N2O3. The average Bonchev–Trinajstić information content (AvgIpc) is 2.72. The van der Waals surface area contributed by atoms with E-state index >= 15 is 0 Å². The van der Waals surface area contributed by atoms with Gasteiger partial charge in [-0.25, -0.2) is 4.98 Å². The SMILES string of the molecule is COc1ncccc1C(=O)NC1CCCCCC1CO. The molecule has 110 valence electrons. The van der Waals surface area contributed by atoms with Crippen LogP contribution in [0.5, 0.6) is 5.88 Å². The van der Waals surface area contributed by atoms with Crippen LogP contribution >= 0.6 is 0 Å². The van der Waals surface area contributed by atoms with Crippen molar-refractivity contribution in [3.8, 4) is 5.88 Å². The Balaban J connectivity index is 2.09. The summed E-state index contributed by atoms with van der Waals surface area (Å²) in [6.45, 7) is 0.120. The highest BCUT2D eigenvalue weighted by atomic mass is 16.5. The monoisotopic (exact) mass is 278 g/mol. The molecule has 2 unspecified atom stereocenters. The highest BCUT2D eigenvalue weighted by molar-refractivity contribution is 5.96. The van der Waals surface area contributed by atoms with E-state index in [9.17, 15) is 9.90 Å². The van der Waals surface area contributed by atoms with Crippen LogP contribution in [0.25, 0.3) is 0 Å². The fraction of sp³-hybridized carbons (Fsp3) is 0.600. The van der Waals surface area contributed by atoms with Gasteiger partial charge in [-0.15, -0.1) is 0 Å². The van der Waals surface area contributed by atoms with Gasteiger partial charge in [0.2, 0.25) is 5.88 Å². The number of carbonyl (C=O) groups is 1. The van der Waals surface area contributed by atoms with Crippen molar-refractivity contribution in [1.29, 1.82) is 0 Å². The minimum absolute atomic E-state index is 0.0277. The van der Waals surface area contributed by atoms with E-state index in [4.69, 9.17) is 4.74 Å². The Kier molecular flexibility index (Phi) is 5.35. The lowest BCUT2D eigenvalue weighted by Crippen LogP contribution is -2.41. The average molecular weight is 278 g/mol. The molecule has 1 aromatic heterocycles. The van der Waals surface area contributed by atoms with E-state index in [0.717, 1.165) is 25.7 Å². The van der Waals surface area contributed by atoms with Crippen LogP contribution in [0.2, 0.25) is 0 Å². The minimum atomic E-state index is -0.180. The van der Waals surface area contributed by atoms with Crippen molar-refractivity contribution in [3.05, 3.63) is 23.9 Å². The zero-order valence-electron chi connectivity index (χ0n) is 11.8. The molecule has 0 bridgehead atoms. The van der Waals surface area contributed by atoms with Crippen molar-refractivity contribution in [1.82, 2.24) is 10.3 Å². The molecule has 2 N–H and O–H groups in total. The lowest BCUT2D eigenvalue weighted by molar-refractivity contribution is 0.0895. The van der Waals surface area contributed by atoms with Gasteiger partial charge in [-0.05, 0) is 25.0 Å². The molecule has 1 heterocycles. The van der Waals surface area contributed by atoms with Crippen molar-refractivity contribution in [2.45, 2.75) is 38.1 Å². The molecule has 0 saturated heterocycles. The maximum Gasteiger partial charge on any atom is 0.256 e. The molecule has 5 nitrogen and oxygen atoms in total. The molecule has 20 heavy (non-hydrogen) atoms. The number of carbonyl (C=O) groups excluding carboxylic acids is 1. The number of amides is 1. The van der Waals surface area contributed by atoms with Gasteiger partial charge in [-0.3, -0.25) is 4.79 Å². The normalized spacial score (nSPS) is 22.9. The molecule has 0 aromatic carbocycles. The summed E-state index contributed by atoms with van der Waals surface area (Å²) in [6.07, 6.45) is 6.85. The van der Waals surface area contributed by atoms with Crippen LogP contribution in [0, 0.1) is 5.92 Å². The Labute approximate surface area is 119 Å². The van der Waals surface area contributed by atoms with Crippen molar-refractivity contribution < 1.29 is 14.6 Å². The number of aliphatic hydroxyl groups is 1. The summed E-state index contributed by atoms with van der Waals surface area (Å²) in [7, 11) is 1.50. The van der Waals surface area contributed by atoms with Crippen molar-refractivity contribution >= 4 is 5.91 Å². The van der Waals surface area contributed by atoms with Gasteiger partial charge in [0.1, 0.15) is 5.56 Å². The minimum Gasteiger partial charge on any atom is -0.480 e. The molecule has 0 radical (unpaired) electrons. The number of pyridine rings is 1.